The molecule has 4 nitrogen and oxygen atoms in total. The third-order valence-electron chi connectivity index (χ3n) is 4.83. The Balaban J connectivity index is 1.55. The molecule has 4 rings (SSSR count). The minimum absolute atomic E-state index is 0.0499. The lowest BCUT2D eigenvalue weighted by Gasteiger charge is -2.26. The molecule has 0 saturated heterocycles. The molecule has 0 aliphatic rings. The van der Waals surface area contributed by atoms with E-state index in [-0.39, 0.29) is 11.9 Å². The second-order valence-corrected chi connectivity index (χ2v) is 8.06. The maximum atomic E-state index is 13.1. The standard InChI is InChI=1S/C24H23N3OS/c1-17(2)27(15-18-9-4-3-5-10-18)23(28)22-16-29-24(26-22)25-21-14-8-12-19-11-6-7-13-20(19)21/h3-14,16-17H,15H2,1-2H3,(H,25,26). The molecular weight excluding hydrogens is 378 g/mol. The molecule has 1 heterocycles. The first-order valence-electron chi connectivity index (χ1n) is 9.67. The van der Waals surface area contributed by atoms with Gasteiger partial charge in [-0.2, -0.15) is 0 Å². The minimum atomic E-state index is -0.0499. The van der Waals surface area contributed by atoms with Crippen LogP contribution in [0.4, 0.5) is 10.8 Å². The highest BCUT2D eigenvalue weighted by molar-refractivity contribution is 7.14. The summed E-state index contributed by atoms with van der Waals surface area (Å²) in [7, 11) is 0. The van der Waals surface area contributed by atoms with Crippen LogP contribution in [0.1, 0.15) is 29.9 Å². The molecule has 0 unspecified atom stereocenters. The highest BCUT2D eigenvalue weighted by Crippen LogP contribution is 2.28. The average Bonchev–Trinajstić information content (AvgIpc) is 3.21. The van der Waals surface area contributed by atoms with Gasteiger partial charge in [-0.15, -0.1) is 11.3 Å². The predicted molar refractivity (Wildman–Crippen MR) is 121 cm³/mol. The van der Waals surface area contributed by atoms with Crippen LogP contribution in [-0.2, 0) is 6.54 Å². The first kappa shape index (κ1) is 19.2. The minimum Gasteiger partial charge on any atom is -0.331 e. The van der Waals surface area contributed by atoms with Crippen LogP contribution in [0.2, 0.25) is 0 Å². The van der Waals surface area contributed by atoms with Gasteiger partial charge in [0.1, 0.15) is 5.69 Å². The van der Waals surface area contributed by atoms with Gasteiger partial charge in [-0.05, 0) is 30.9 Å². The zero-order valence-corrected chi connectivity index (χ0v) is 17.3. The molecule has 3 aromatic carbocycles. The van der Waals surface area contributed by atoms with Crippen molar-refractivity contribution in [3.63, 3.8) is 0 Å². The summed E-state index contributed by atoms with van der Waals surface area (Å²) in [4.78, 5) is 19.5. The van der Waals surface area contributed by atoms with Crippen LogP contribution in [0.5, 0.6) is 0 Å². The smallest absolute Gasteiger partial charge is 0.273 e. The molecule has 1 aromatic heterocycles. The Morgan fingerprint density at radius 2 is 1.72 bits per heavy atom. The van der Waals surface area contributed by atoms with Crippen LogP contribution in [0.3, 0.4) is 0 Å². The van der Waals surface area contributed by atoms with Crippen molar-refractivity contribution in [1.29, 1.82) is 0 Å². The lowest BCUT2D eigenvalue weighted by atomic mass is 10.1. The van der Waals surface area contributed by atoms with Crippen LogP contribution in [0.25, 0.3) is 10.8 Å². The van der Waals surface area contributed by atoms with Crippen LogP contribution >= 0.6 is 11.3 Å². The van der Waals surface area contributed by atoms with E-state index in [0.717, 1.165) is 16.6 Å². The molecule has 1 amide bonds. The highest BCUT2D eigenvalue weighted by atomic mass is 32.1. The zero-order chi connectivity index (χ0) is 20.2. The number of anilines is 2. The summed E-state index contributed by atoms with van der Waals surface area (Å²) < 4.78 is 0. The summed E-state index contributed by atoms with van der Waals surface area (Å²) in [5.74, 6) is -0.0499. The van der Waals surface area contributed by atoms with Gasteiger partial charge in [0.05, 0.1) is 0 Å². The van der Waals surface area contributed by atoms with Gasteiger partial charge < -0.3 is 10.2 Å². The first-order chi connectivity index (χ1) is 14.1. The van der Waals surface area contributed by atoms with Gasteiger partial charge in [-0.3, -0.25) is 4.79 Å². The Morgan fingerprint density at radius 3 is 2.52 bits per heavy atom. The summed E-state index contributed by atoms with van der Waals surface area (Å²) in [6.45, 7) is 4.63. The van der Waals surface area contributed by atoms with Gasteiger partial charge in [0.15, 0.2) is 5.13 Å². The molecule has 0 bridgehead atoms. The summed E-state index contributed by atoms with van der Waals surface area (Å²) in [5.41, 5.74) is 2.57. The Morgan fingerprint density at radius 1 is 1.00 bits per heavy atom. The number of benzene rings is 3. The maximum absolute atomic E-state index is 13.1. The van der Waals surface area contributed by atoms with Crippen LogP contribution in [-0.4, -0.2) is 21.8 Å². The number of amides is 1. The van der Waals surface area contributed by atoms with Crippen molar-refractivity contribution in [3.05, 3.63) is 89.4 Å². The second-order valence-electron chi connectivity index (χ2n) is 7.20. The average molecular weight is 402 g/mol. The molecule has 0 spiro atoms. The van der Waals surface area contributed by atoms with Gasteiger partial charge in [0, 0.05) is 29.0 Å². The SMILES string of the molecule is CC(C)N(Cc1ccccc1)C(=O)c1csc(Nc2cccc3ccccc23)n1. The van der Waals surface area contributed by atoms with Crippen molar-refractivity contribution >= 4 is 38.8 Å². The van der Waals surface area contributed by atoms with E-state index >= 15 is 0 Å². The quantitative estimate of drug-likeness (QED) is 0.425. The third kappa shape index (κ3) is 4.30. The summed E-state index contributed by atoms with van der Waals surface area (Å²) in [6.07, 6.45) is 0. The number of carbonyl (C=O) groups excluding carboxylic acids is 1. The number of rotatable bonds is 6. The van der Waals surface area contributed by atoms with Gasteiger partial charge >= 0.3 is 0 Å². The molecule has 146 valence electrons. The van der Waals surface area contributed by atoms with Crippen molar-refractivity contribution in [2.45, 2.75) is 26.4 Å². The molecule has 0 atom stereocenters. The van der Waals surface area contributed by atoms with Crippen molar-refractivity contribution in [3.8, 4) is 0 Å². The van der Waals surface area contributed by atoms with Gasteiger partial charge in [-0.25, -0.2) is 4.98 Å². The number of aromatic nitrogens is 1. The van der Waals surface area contributed by atoms with Crippen LogP contribution in [0.15, 0.2) is 78.2 Å². The summed E-state index contributed by atoms with van der Waals surface area (Å²) in [6, 6.07) is 24.5. The monoisotopic (exact) mass is 401 g/mol. The molecule has 0 aliphatic heterocycles. The number of hydrogen-bond acceptors (Lipinski definition) is 4. The Labute approximate surface area is 174 Å². The van der Waals surface area contributed by atoms with Crippen molar-refractivity contribution < 1.29 is 4.79 Å². The topological polar surface area (TPSA) is 45.2 Å². The van der Waals surface area contributed by atoms with Crippen LogP contribution in [0, 0.1) is 0 Å². The number of nitrogens with zero attached hydrogens (tertiary/aromatic N) is 2. The maximum Gasteiger partial charge on any atom is 0.273 e. The third-order valence-corrected chi connectivity index (χ3v) is 5.59. The van der Waals surface area contributed by atoms with E-state index in [1.807, 2.05) is 78.7 Å². The fourth-order valence-corrected chi connectivity index (χ4v) is 3.99. The Bertz CT molecular complexity index is 1120. The molecular formula is C24H23N3OS. The number of nitrogens with one attached hydrogen (secondary N) is 1. The van der Waals surface area contributed by atoms with Gasteiger partial charge in [0.25, 0.3) is 5.91 Å². The van der Waals surface area contributed by atoms with E-state index in [1.165, 1.54) is 16.7 Å². The van der Waals surface area contributed by atoms with E-state index in [4.69, 9.17) is 0 Å². The fourth-order valence-electron chi connectivity index (χ4n) is 3.30. The lowest BCUT2D eigenvalue weighted by Crippen LogP contribution is -2.36. The van der Waals surface area contributed by atoms with E-state index in [9.17, 15) is 4.79 Å². The summed E-state index contributed by atoms with van der Waals surface area (Å²) >= 11 is 1.45. The van der Waals surface area contributed by atoms with E-state index in [2.05, 4.69) is 28.5 Å². The molecule has 0 aliphatic carbocycles. The van der Waals surface area contributed by atoms with Crippen LogP contribution < -0.4 is 5.32 Å². The number of hydrogen-bond donors (Lipinski definition) is 1. The number of thiazole rings is 1. The van der Waals surface area contributed by atoms with Crippen molar-refractivity contribution in [1.82, 2.24) is 9.88 Å². The van der Waals surface area contributed by atoms with E-state index in [0.29, 0.717) is 17.4 Å². The largest absolute Gasteiger partial charge is 0.331 e. The predicted octanol–water partition coefficient (Wildman–Crippen LogP) is 6.09. The van der Waals surface area contributed by atoms with Gasteiger partial charge in [0.2, 0.25) is 0 Å². The first-order valence-corrected chi connectivity index (χ1v) is 10.5. The number of fused-ring (bicyclic) bond motifs is 1. The Kier molecular flexibility index (Phi) is 5.58. The number of carbonyl (C=O) groups is 1. The van der Waals surface area contributed by atoms with E-state index < -0.39 is 0 Å². The molecule has 1 N–H and O–H groups in total. The molecule has 4 aromatic rings. The molecule has 29 heavy (non-hydrogen) atoms. The molecule has 0 fully saturated rings. The lowest BCUT2D eigenvalue weighted by molar-refractivity contribution is 0.0685. The van der Waals surface area contributed by atoms with Gasteiger partial charge in [-0.1, -0.05) is 66.7 Å². The van der Waals surface area contributed by atoms with E-state index in [1.54, 1.807) is 0 Å². The molecule has 5 heteroatoms. The zero-order valence-electron chi connectivity index (χ0n) is 16.5. The normalized spacial score (nSPS) is 11.0. The molecule has 0 radical (unpaired) electrons. The van der Waals surface area contributed by atoms with Crippen molar-refractivity contribution in [2.75, 3.05) is 5.32 Å². The Hall–Kier alpha value is -3.18. The fraction of sp³-hybridized carbons (Fsp3) is 0.167. The summed E-state index contributed by atoms with van der Waals surface area (Å²) in [5, 5.41) is 8.22. The van der Waals surface area contributed by atoms with Crippen molar-refractivity contribution in [2.24, 2.45) is 0 Å². The molecule has 0 saturated carbocycles. The second kappa shape index (κ2) is 8.45. The highest BCUT2D eigenvalue weighted by Gasteiger charge is 2.21.